The molecule has 3 rings (SSSR count). The van der Waals surface area contributed by atoms with Gasteiger partial charge in [0, 0.05) is 17.5 Å². The van der Waals surface area contributed by atoms with Crippen LogP contribution in [0.1, 0.15) is 82.6 Å². The van der Waals surface area contributed by atoms with Crippen LogP contribution in [0.2, 0.25) is 5.02 Å². The summed E-state index contributed by atoms with van der Waals surface area (Å²) in [6, 6.07) is 8.01. The number of nitrogens with zero attached hydrogens (tertiary/aromatic N) is 1. The van der Waals surface area contributed by atoms with E-state index in [1.165, 1.54) is 70.9 Å². The lowest BCUT2D eigenvalue weighted by atomic mass is 9.74. The molecule has 1 aromatic rings. The summed E-state index contributed by atoms with van der Waals surface area (Å²) < 4.78 is 0. The molecule has 1 N–H and O–H groups in total. The van der Waals surface area contributed by atoms with Gasteiger partial charge in [-0.25, -0.2) is 0 Å². The van der Waals surface area contributed by atoms with Crippen LogP contribution in [-0.4, -0.2) is 29.6 Å². The summed E-state index contributed by atoms with van der Waals surface area (Å²) in [5.41, 5.74) is 0.356. The number of rotatable bonds is 3. The summed E-state index contributed by atoms with van der Waals surface area (Å²) >= 11 is 6.13. The maximum Gasteiger partial charge on any atom is 0.0936 e. The molecule has 1 aliphatic carbocycles. The first-order valence-corrected chi connectivity index (χ1v) is 11.3. The van der Waals surface area contributed by atoms with Gasteiger partial charge < -0.3 is 10.0 Å². The molecule has 26 heavy (non-hydrogen) atoms. The van der Waals surface area contributed by atoms with Gasteiger partial charge in [0.05, 0.1) is 5.60 Å². The number of halogens is 1. The Balaban J connectivity index is 1.82. The van der Waals surface area contributed by atoms with Crippen molar-refractivity contribution in [1.82, 2.24) is 4.90 Å². The predicted octanol–water partition coefficient (Wildman–Crippen LogP) is 6.15. The van der Waals surface area contributed by atoms with Crippen LogP contribution < -0.4 is 0 Å². The van der Waals surface area contributed by atoms with Gasteiger partial charge in [-0.05, 0) is 56.5 Å². The van der Waals surface area contributed by atoms with Crippen LogP contribution in [0.25, 0.3) is 0 Å². The third kappa shape index (κ3) is 5.47. The largest absolute Gasteiger partial charge is 0.385 e. The Morgan fingerprint density at radius 3 is 2.08 bits per heavy atom. The van der Waals surface area contributed by atoms with Crippen LogP contribution in [-0.2, 0) is 5.60 Å². The Morgan fingerprint density at radius 2 is 1.42 bits per heavy atom. The van der Waals surface area contributed by atoms with Crippen LogP contribution in [0.3, 0.4) is 0 Å². The van der Waals surface area contributed by atoms with Gasteiger partial charge in [0.15, 0.2) is 0 Å². The van der Waals surface area contributed by atoms with Crippen molar-refractivity contribution in [2.75, 3.05) is 19.6 Å². The zero-order valence-corrected chi connectivity index (χ0v) is 17.0. The first kappa shape index (κ1) is 20.2. The molecule has 2 aliphatic rings. The van der Waals surface area contributed by atoms with E-state index in [9.17, 15) is 5.11 Å². The van der Waals surface area contributed by atoms with Gasteiger partial charge in [0.25, 0.3) is 0 Å². The molecular formula is C23H36ClNO. The monoisotopic (exact) mass is 377 g/mol. The molecule has 0 amide bonds. The molecule has 2 fully saturated rings. The van der Waals surface area contributed by atoms with Crippen LogP contribution in [0.15, 0.2) is 24.3 Å². The molecule has 0 bridgehead atoms. The Labute approximate surface area is 164 Å². The molecule has 1 saturated carbocycles. The number of hydrogen-bond acceptors (Lipinski definition) is 2. The van der Waals surface area contributed by atoms with Crippen molar-refractivity contribution in [1.29, 1.82) is 0 Å². The highest BCUT2D eigenvalue weighted by Gasteiger charge is 2.38. The topological polar surface area (TPSA) is 23.5 Å². The minimum atomic E-state index is -0.716. The Kier molecular flexibility index (Phi) is 7.84. The SMILES string of the molecule is OC1(c2ccc(Cl)cc2)CCCCCCCCCCC1CN1CCCC1. The van der Waals surface area contributed by atoms with Gasteiger partial charge in [-0.3, -0.25) is 0 Å². The Morgan fingerprint density at radius 1 is 0.846 bits per heavy atom. The van der Waals surface area contributed by atoms with E-state index in [0.29, 0.717) is 5.92 Å². The molecule has 2 atom stereocenters. The van der Waals surface area contributed by atoms with Crippen LogP contribution in [0.5, 0.6) is 0 Å². The third-order valence-electron chi connectivity index (χ3n) is 6.56. The fraction of sp³-hybridized carbons (Fsp3) is 0.739. The van der Waals surface area contributed by atoms with Crippen LogP contribution >= 0.6 is 11.6 Å². The molecule has 0 spiro atoms. The number of benzene rings is 1. The molecule has 0 aromatic heterocycles. The van der Waals surface area contributed by atoms with E-state index >= 15 is 0 Å². The summed E-state index contributed by atoms with van der Waals surface area (Å²) in [5, 5.41) is 12.7. The lowest BCUT2D eigenvalue weighted by Gasteiger charge is -2.39. The van der Waals surface area contributed by atoms with E-state index in [1.54, 1.807) is 0 Å². The van der Waals surface area contributed by atoms with Gasteiger partial charge in [0.2, 0.25) is 0 Å². The zero-order valence-electron chi connectivity index (χ0n) is 16.3. The molecule has 1 aliphatic heterocycles. The highest BCUT2D eigenvalue weighted by Crippen LogP contribution is 2.40. The van der Waals surface area contributed by atoms with Gasteiger partial charge in [-0.1, -0.05) is 75.1 Å². The van der Waals surface area contributed by atoms with Crippen LogP contribution in [0, 0.1) is 5.92 Å². The van der Waals surface area contributed by atoms with E-state index in [1.807, 2.05) is 12.1 Å². The summed E-state index contributed by atoms with van der Waals surface area (Å²) in [6.07, 6.45) is 15.0. The number of aliphatic hydroxyl groups is 1. The molecule has 1 aromatic carbocycles. The smallest absolute Gasteiger partial charge is 0.0936 e. The van der Waals surface area contributed by atoms with Gasteiger partial charge >= 0.3 is 0 Å². The first-order chi connectivity index (χ1) is 12.7. The van der Waals surface area contributed by atoms with Crippen molar-refractivity contribution < 1.29 is 5.11 Å². The molecule has 146 valence electrons. The van der Waals surface area contributed by atoms with Crippen molar-refractivity contribution >= 4 is 11.6 Å². The fourth-order valence-electron chi connectivity index (χ4n) is 4.93. The maximum absolute atomic E-state index is 12.0. The molecule has 2 nitrogen and oxygen atoms in total. The predicted molar refractivity (Wildman–Crippen MR) is 111 cm³/mol. The second-order valence-electron chi connectivity index (χ2n) is 8.50. The highest BCUT2D eigenvalue weighted by atomic mass is 35.5. The average molecular weight is 378 g/mol. The third-order valence-corrected chi connectivity index (χ3v) is 6.81. The second kappa shape index (κ2) is 10.1. The summed E-state index contributed by atoms with van der Waals surface area (Å²) in [7, 11) is 0. The van der Waals surface area contributed by atoms with Crippen molar-refractivity contribution in [3.05, 3.63) is 34.9 Å². The lowest BCUT2D eigenvalue weighted by molar-refractivity contribution is -0.0490. The lowest BCUT2D eigenvalue weighted by Crippen LogP contribution is -2.42. The standard InChI is InChI=1S/C23H36ClNO/c24-22-14-12-20(13-15-22)23(26)16-8-6-4-2-1-3-5-7-11-21(23)19-25-17-9-10-18-25/h12-15,21,26H,1-11,16-19H2. The second-order valence-corrected chi connectivity index (χ2v) is 8.94. The molecular weight excluding hydrogens is 342 g/mol. The van der Waals surface area contributed by atoms with Crippen molar-refractivity contribution in [2.45, 2.75) is 82.7 Å². The normalized spacial score (nSPS) is 29.8. The summed E-state index contributed by atoms with van der Waals surface area (Å²) in [5.74, 6) is 0.321. The molecule has 0 radical (unpaired) electrons. The quantitative estimate of drug-likeness (QED) is 0.682. The van der Waals surface area contributed by atoms with Gasteiger partial charge in [-0.15, -0.1) is 0 Å². The van der Waals surface area contributed by atoms with E-state index in [2.05, 4.69) is 17.0 Å². The number of likely N-dealkylation sites (tertiary alicyclic amines) is 1. The molecule has 1 saturated heterocycles. The van der Waals surface area contributed by atoms with Crippen molar-refractivity contribution in [3.8, 4) is 0 Å². The Bertz CT molecular complexity index is 526. The Hall–Kier alpha value is -0.570. The average Bonchev–Trinajstić information content (AvgIpc) is 3.14. The fourth-order valence-corrected chi connectivity index (χ4v) is 5.05. The highest BCUT2D eigenvalue weighted by molar-refractivity contribution is 6.30. The van der Waals surface area contributed by atoms with E-state index in [4.69, 9.17) is 11.6 Å². The van der Waals surface area contributed by atoms with Crippen LogP contribution in [0.4, 0.5) is 0 Å². The first-order valence-electron chi connectivity index (χ1n) is 10.9. The van der Waals surface area contributed by atoms with E-state index < -0.39 is 5.60 Å². The van der Waals surface area contributed by atoms with Gasteiger partial charge in [-0.2, -0.15) is 0 Å². The van der Waals surface area contributed by atoms with E-state index in [-0.39, 0.29) is 0 Å². The molecule has 2 unspecified atom stereocenters. The van der Waals surface area contributed by atoms with E-state index in [0.717, 1.165) is 36.4 Å². The molecule has 1 heterocycles. The zero-order chi connectivity index (χ0) is 18.2. The molecule has 3 heteroatoms. The van der Waals surface area contributed by atoms with Crippen molar-refractivity contribution in [3.63, 3.8) is 0 Å². The maximum atomic E-state index is 12.0. The summed E-state index contributed by atoms with van der Waals surface area (Å²) in [4.78, 5) is 2.58. The van der Waals surface area contributed by atoms with Gasteiger partial charge in [0.1, 0.15) is 0 Å². The minimum absolute atomic E-state index is 0.321. The minimum Gasteiger partial charge on any atom is -0.385 e. The summed E-state index contributed by atoms with van der Waals surface area (Å²) in [6.45, 7) is 3.44. The van der Waals surface area contributed by atoms with Crippen molar-refractivity contribution in [2.24, 2.45) is 5.92 Å². The number of hydrogen-bond donors (Lipinski definition) is 1.